The Labute approximate surface area is 165 Å². The second-order valence-corrected chi connectivity index (χ2v) is 8.10. The first-order chi connectivity index (χ1) is 12.8. The molecule has 1 N–H and O–H groups in total. The summed E-state index contributed by atoms with van der Waals surface area (Å²) in [7, 11) is 3.41. The topological polar surface area (TPSA) is 69.7 Å². The summed E-state index contributed by atoms with van der Waals surface area (Å²) in [6, 6.07) is 3.90. The maximum Gasteiger partial charge on any atom is 0.251 e. The molecule has 2 rings (SSSR count). The van der Waals surface area contributed by atoms with Crippen LogP contribution in [0, 0.1) is 5.92 Å². The lowest BCUT2D eigenvalue weighted by Crippen LogP contribution is -2.44. The Kier molecular flexibility index (Phi) is 7.59. The van der Waals surface area contributed by atoms with Gasteiger partial charge in [0.1, 0.15) is 0 Å². The van der Waals surface area contributed by atoms with Crippen LogP contribution in [0.25, 0.3) is 0 Å². The molecule has 0 fully saturated rings. The number of nitrogens with one attached hydrogen (secondary N) is 1. The van der Waals surface area contributed by atoms with Gasteiger partial charge in [-0.05, 0) is 31.2 Å². The number of allylic oxidation sites excluding steroid dienone is 1. The molecule has 1 atom stereocenters. The zero-order valence-corrected chi connectivity index (χ0v) is 17.4. The van der Waals surface area contributed by atoms with E-state index in [4.69, 9.17) is 0 Å². The number of unbranched alkanes of at least 4 members (excludes halogenated alkanes) is 1. The molecule has 0 radical (unpaired) electrons. The fraction of sp³-hybridized carbons (Fsp3) is 0.550. The summed E-state index contributed by atoms with van der Waals surface area (Å²) < 4.78 is 0. The lowest BCUT2D eigenvalue weighted by Gasteiger charge is -2.35. The van der Waals surface area contributed by atoms with E-state index in [9.17, 15) is 14.4 Å². The van der Waals surface area contributed by atoms with Crippen LogP contribution in [0.1, 0.15) is 44.4 Å². The molecule has 0 aliphatic carbocycles. The summed E-state index contributed by atoms with van der Waals surface area (Å²) in [5.74, 6) is -0.797. The minimum Gasteiger partial charge on any atom is -0.351 e. The van der Waals surface area contributed by atoms with E-state index in [1.165, 1.54) is 4.90 Å². The van der Waals surface area contributed by atoms with Gasteiger partial charge < -0.3 is 15.1 Å². The van der Waals surface area contributed by atoms with Gasteiger partial charge in [-0.2, -0.15) is 0 Å². The summed E-state index contributed by atoms with van der Waals surface area (Å²) in [6.07, 6.45) is 2.24. The van der Waals surface area contributed by atoms with E-state index < -0.39 is 5.92 Å². The Bertz CT molecular complexity index is 710. The van der Waals surface area contributed by atoms with Crippen LogP contribution >= 0.6 is 11.3 Å². The first kappa shape index (κ1) is 21.2. The van der Waals surface area contributed by atoms with Crippen molar-refractivity contribution in [1.82, 2.24) is 15.1 Å². The van der Waals surface area contributed by atoms with Crippen molar-refractivity contribution in [2.45, 2.75) is 46.1 Å². The molecular formula is C20H29N3O3S. The molecule has 3 amide bonds. The average molecular weight is 392 g/mol. The van der Waals surface area contributed by atoms with Crippen LogP contribution in [-0.4, -0.2) is 48.2 Å². The fourth-order valence-electron chi connectivity index (χ4n) is 3.19. The number of thiophene rings is 1. The highest BCUT2D eigenvalue weighted by Gasteiger charge is 2.36. The second-order valence-electron chi connectivity index (χ2n) is 7.07. The first-order valence-corrected chi connectivity index (χ1v) is 10.2. The van der Waals surface area contributed by atoms with Crippen LogP contribution in [0.15, 0.2) is 28.8 Å². The van der Waals surface area contributed by atoms with E-state index in [2.05, 4.69) is 12.2 Å². The minimum atomic E-state index is -0.493. The smallest absolute Gasteiger partial charge is 0.251 e. The Balaban J connectivity index is 2.11. The van der Waals surface area contributed by atoms with Gasteiger partial charge in [-0.25, -0.2) is 0 Å². The number of amides is 3. The monoisotopic (exact) mass is 391 g/mol. The maximum absolute atomic E-state index is 12.9. The highest BCUT2D eigenvalue weighted by Crippen LogP contribution is 2.30. The van der Waals surface area contributed by atoms with Gasteiger partial charge in [0, 0.05) is 43.2 Å². The van der Waals surface area contributed by atoms with Crippen LogP contribution in [-0.2, 0) is 20.9 Å². The van der Waals surface area contributed by atoms with Crippen molar-refractivity contribution in [1.29, 1.82) is 0 Å². The predicted octanol–water partition coefficient (Wildman–Crippen LogP) is 2.77. The zero-order valence-electron chi connectivity index (χ0n) is 16.6. The van der Waals surface area contributed by atoms with Crippen molar-refractivity contribution in [2.75, 3.05) is 20.6 Å². The van der Waals surface area contributed by atoms with Crippen molar-refractivity contribution in [2.24, 2.45) is 5.92 Å². The lowest BCUT2D eigenvalue weighted by atomic mass is 9.88. The predicted molar refractivity (Wildman–Crippen MR) is 107 cm³/mol. The number of likely N-dealkylation sites (N-methyl/N-ethyl adjacent to an activating group) is 1. The third-order valence-electron chi connectivity index (χ3n) is 4.78. The summed E-state index contributed by atoms with van der Waals surface area (Å²) >= 11 is 1.58. The van der Waals surface area contributed by atoms with Gasteiger partial charge in [-0.1, -0.05) is 19.4 Å². The standard InChI is InChI=1S/C20H29N3O3S/c1-5-6-9-23-14(2)17(20(26)22(3)4)11-15(19(23)25)12-18(24)21-13-16-8-7-10-27-16/h7-8,10,15H,5-6,9,11-13H2,1-4H3,(H,21,24). The molecule has 0 spiro atoms. The molecule has 148 valence electrons. The molecule has 7 heteroatoms. The number of rotatable bonds is 8. The Morgan fingerprint density at radius 2 is 2.11 bits per heavy atom. The lowest BCUT2D eigenvalue weighted by molar-refractivity contribution is -0.138. The van der Waals surface area contributed by atoms with E-state index in [1.807, 2.05) is 24.4 Å². The van der Waals surface area contributed by atoms with Crippen LogP contribution in [0.5, 0.6) is 0 Å². The second kappa shape index (κ2) is 9.69. The van der Waals surface area contributed by atoms with Gasteiger partial charge in [0.2, 0.25) is 11.8 Å². The Hall–Kier alpha value is -2.15. The highest BCUT2D eigenvalue weighted by molar-refractivity contribution is 7.09. The summed E-state index contributed by atoms with van der Waals surface area (Å²) in [6.45, 7) is 4.94. The molecule has 1 unspecified atom stereocenters. The van der Waals surface area contributed by atoms with Crippen molar-refractivity contribution in [3.05, 3.63) is 33.7 Å². The maximum atomic E-state index is 12.9. The van der Waals surface area contributed by atoms with Crippen LogP contribution in [0.3, 0.4) is 0 Å². The third kappa shape index (κ3) is 5.42. The molecule has 0 saturated heterocycles. The van der Waals surface area contributed by atoms with Crippen molar-refractivity contribution in [3.8, 4) is 0 Å². The zero-order chi connectivity index (χ0) is 20.0. The highest BCUT2D eigenvalue weighted by atomic mass is 32.1. The molecule has 27 heavy (non-hydrogen) atoms. The van der Waals surface area contributed by atoms with Gasteiger partial charge in [0.25, 0.3) is 5.91 Å². The van der Waals surface area contributed by atoms with Gasteiger partial charge in [0.15, 0.2) is 0 Å². The molecular weight excluding hydrogens is 362 g/mol. The molecule has 0 bridgehead atoms. The molecule has 1 aromatic heterocycles. The van der Waals surface area contributed by atoms with E-state index in [1.54, 1.807) is 30.3 Å². The minimum absolute atomic E-state index is 0.0532. The molecule has 1 aromatic rings. The quantitative estimate of drug-likeness (QED) is 0.741. The SMILES string of the molecule is CCCCN1C(=O)C(CC(=O)NCc2cccs2)CC(C(=O)N(C)C)=C1C. The average Bonchev–Trinajstić information content (AvgIpc) is 3.15. The Morgan fingerprint density at radius 1 is 1.37 bits per heavy atom. The summed E-state index contributed by atoms with van der Waals surface area (Å²) in [4.78, 5) is 42.2. The Morgan fingerprint density at radius 3 is 2.70 bits per heavy atom. The van der Waals surface area contributed by atoms with Crippen molar-refractivity contribution in [3.63, 3.8) is 0 Å². The van der Waals surface area contributed by atoms with Crippen LogP contribution in [0.2, 0.25) is 0 Å². The number of carbonyl (C=O) groups is 3. The van der Waals surface area contributed by atoms with Gasteiger partial charge >= 0.3 is 0 Å². The molecule has 1 aliphatic heterocycles. The summed E-state index contributed by atoms with van der Waals surface area (Å²) in [5, 5.41) is 4.84. The molecule has 1 aliphatic rings. The third-order valence-corrected chi connectivity index (χ3v) is 5.66. The van der Waals surface area contributed by atoms with E-state index in [0.29, 0.717) is 25.1 Å². The molecule has 2 heterocycles. The van der Waals surface area contributed by atoms with Crippen LogP contribution < -0.4 is 5.32 Å². The molecule has 0 aromatic carbocycles. The van der Waals surface area contributed by atoms with Gasteiger partial charge in [0.05, 0.1) is 12.5 Å². The van der Waals surface area contributed by atoms with E-state index in [0.717, 1.165) is 23.4 Å². The number of carbonyl (C=O) groups excluding carboxylic acids is 3. The molecule has 0 saturated carbocycles. The van der Waals surface area contributed by atoms with Gasteiger partial charge in [-0.3, -0.25) is 14.4 Å². The normalized spacial score (nSPS) is 17.3. The van der Waals surface area contributed by atoms with E-state index in [-0.39, 0.29) is 24.1 Å². The van der Waals surface area contributed by atoms with Crippen LogP contribution in [0.4, 0.5) is 0 Å². The number of hydrogen-bond acceptors (Lipinski definition) is 4. The molecule has 6 nitrogen and oxygen atoms in total. The largest absolute Gasteiger partial charge is 0.351 e. The number of hydrogen-bond donors (Lipinski definition) is 1. The summed E-state index contributed by atoms with van der Waals surface area (Å²) in [5.41, 5.74) is 1.36. The number of nitrogens with zero attached hydrogens (tertiary/aromatic N) is 2. The fourth-order valence-corrected chi connectivity index (χ4v) is 3.83. The van der Waals surface area contributed by atoms with Crippen molar-refractivity contribution < 1.29 is 14.4 Å². The van der Waals surface area contributed by atoms with Crippen molar-refractivity contribution >= 4 is 29.1 Å². The van der Waals surface area contributed by atoms with E-state index >= 15 is 0 Å². The first-order valence-electron chi connectivity index (χ1n) is 9.37. The van der Waals surface area contributed by atoms with Gasteiger partial charge in [-0.15, -0.1) is 11.3 Å².